The van der Waals surface area contributed by atoms with Gasteiger partial charge in [-0.2, -0.15) is 0 Å². The molecule has 1 fully saturated rings. The van der Waals surface area contributed by atoms with Crippen LogP contribution in [0.15, 0.2) is 18.3 Å². The third-order valence-electron chi connectivity index (χ3n) is 1.93. The molecule has 0 saturated heterocycles. The molecule has 1 aromatic heterocycles. The van der Waals surface area contributed by atoms with Crippen LogP contribution in [-0.4, -0.2) is 16.9 Å². The van der Waals surface area contributed by atoms with Crippen LogP contribution in [0.1, 0.15) is 23.3 Å². The molecule has 0 atom stereocenters. The monoisotopic (exact) mass is 177 g/mol. The summed E-state index contributed by atoms with van der Waals surface area (Å²) in [6, 6.07) is 3.67. The van der Waals surface area contributed by atoms with Crippen LogP contribution in [0, 0.1) is 0 Å². The fourth-order valence-electron chi connectivity index (χ4n) is 1.03. The van der Waals surface area contributed by atoms with E-state index in [1.165, 1.54) is 6.20 Å². The lowest BCUT2D eigenvalue weighted by atomic mass is 10.3. The Hall–Kier alpha value is -1.58. The van der Waals surface area contributed by atoms with Gasteiger partial charge in [0, 0.05) is 6.04 Å². The van der Waals surface area contributed by atoms with Crippen molar-refractivity contribution in [2.75, 3.05) is 5.73 Å². The molecular weight excluding hydrogens is 166 g/mol. The first kappa shape index (κ1) is 8.04. The van der Waals surface area contributed by atoms with E-state index in [9.17, 15) is 4.79 Å². The van der Waals surface area contributed by atoms with Crippen LogP contribution in [0.2, 0.25) is 0 Å². The smallest absolute Gasteiger partial charge is 0.270 e. The van der Waals surface area contributed by atoms with E-state index >= 15 is 0 Å². The lowest BCUT2D eigenvalue weighted by Crippen LogP contribution is -2.26. The van der Waals surface area contributed by atoms with Crippen LogP contribution in [-0.2, 0) is 0 Å². The van der Waals surface area contributed by atoms with Gasteiger partial charge >= 0.3 is 0 Å². The molecule has 13 heavy (non-hydrogen) atoms. The summed E-state index contributed by atoms with van der Waals surface area (Å²) in [5.41, 5.74) is 6.45. The number of nitrogens with zero attached hydrogens (tertiary/aromatic N) is 1. The standard InChI is InChI=1S/C9H11N3O/c10-6-1-4-8(11-5-6)9(13)12-7-2-3-7/h1,4-5,7H,2-3,10H2,(H,12,13). The van der Waals surface area contributed by atoms with Crippen molar-refractivity contribution in [2.24, 2.45) is 0 Å². The minimum Gasteiger partial charge on any atom is -0.397 e. The molecule has 0 spiro atoms. The Morgan fingerprint density at radius 2 is 2.31 bits per heavy atom. The lowest BCUT2D eigenvalue weighted by Gasteiger charge is -2.01. The molecule has 1 amide bonds. The molecule has 0 aromatic carbocycles. The number of carbonyl (C=O) groups excluding carboxylic acids is 1. The Kier molecular flexibility index (Phi) is 1.88. The van der Waals surface area contributed by atoms with Gasteiger partial charge in [-0.3, -0.25) is 4.79 Å². The Labute approximate surface area is 76.2 Å². The Balaban J connectivity index is 2.05. The van der Waals surface area contributed by atoms with E-state index in [-0.39, 0.29) is 5.91 Å². The summed E-state index contributed by atoms with van der Waals surface area (Å²) in [7, 11) is 0. The highest BCUT2D eigenvalue weighted by molar-refractivity contribution is 5.92. The van der Waals surface area contributed by atoms with E-state index in [4.69, 9.17) is 5.73 Å². The van der Waals surface area contributed by atoms with Crippen molar-refractivity contribution in [1.29, 1.82) is 0 Å². The van der Waals surface area contributed by atoms with Gasteiger partial charge < -0.3 is 11.1 Å². The summed E-state index contributed by atoms with van der Waals surface area (Å²) in [6.45, 7) is 0. The average molecular weight is 177 g/mol. The zero-order valence-electron chi connectivity index (χ0n) is 7.16. The Bertz CT molecular complexity index is 316. The average Bonchev–Trinajstić information content (AvgIpc) is 2.89. The number of hydrogen-bond acceptors (Lipinski definition) is 3. The summed E-state index contributed by atoms with van der Waals surface area (Å²) >= 11 is 0. The van der Waals surface area contributed by atoms with Gasteiger partial charge in [-0.05, 0) is 25.0 Å². The highest BCUT2D eigenvalue weighted by atomic mass is 16.2. The summed E-state index contributed by atoms with van der Waals surface area (Å²) in [4.78, 5) is 15.3. The molecule has 1 aliphatic rings. The second-order valence-corrected chi connectivity index (χ2v) is 3.22. The molecule has 3 N–H and O–H groups in total. The molecule has 1 saturated carbocycles. The van der Waals surface area contributed by atoms with Crippen molar-refractivity contribution in [3.05, 3.63) is 24.0 Å². The second kappa shape index (κ2) is 3.05. The predicted molar refractivity (Wildman–Crippen MR) is 49.1 cm³/mol. The van der Waals surface area contributed by atoms with Crippen LogP contribution in [0.25, 0.3) is 0 Å². The highest BCUT2D eigenvalue weighted by Crippen LogP contribution is 2.19. The summed E-state index contributed by atoms with van der Waals surface area (Å²) < 4.78 is 0. The molecule has 4 nitrogen and oxygen atoms in total. The SMILES string of the molecule is Nc1ccc(C(=O)NC2CC2)nc1. The molecule has 2 rings (SSSR count). The second-order valence-electron chi connectivity index (χ2n) is 3.22. The summed E-state index contributed by atoms with van der Waals surface area (Å²) in [6.07, 6.45) is 3.66. The number of nitrogens with one attached hydrogen (secondary N) is 1. The van der Waals surface area contributed by atoms with Crippen molar-refractivity contribution in [2.45, 2.75) is 18.9 Å². The fourth-order valence-corrected chi connectivity index (χ4v) is 1.03. The molecule has 0 aliphatic heterocycles. The first-order chi connectivity index (χ1) is 6.25. The van der Waals surface area contributed by atoms with Gasteiger partial charge in [-0.25, -0.2) is 4.98 Å². The third kappa shape index (κ3) is 1.96. The van der Waals surface area contributed by atoms with Crippen LogP contribution >= 0.6 is 0 Å². The van der Waals surface area contributed by atoms with E-state index in [1.54, 1.807) is 12.1 Å². The van der Waals surface area contributed by atoms with Crippen LogP contribution in [0.5, 0.6) is 0 Å². The number of rotatable bonds is 2. The van der Waals surface area contributed by atoms with E-state index < -0.39 is 0 Å². The van der Waals surface area contributed by atoms with Gasteiger partial charge in [-0.1, -0.05) is 0 Å². The molecule has 0 bridgehead atoms. The van der Waals surface area contributed by atoms with Gasteiger partial charge in [0.2, 0.25) is 0 Å². The van der Waals surface area contributed by atoms with Crippen molar-refractivity contribution >= 4 is 11.6 Å². The van der Waals surface area contributed by atoms with Crippen molar-refractivity contribution in [3.8, 4) is 0 Å². The summed E-state index contributed by atoms with van der Waals surface area (Å²) in [5.74, 6) is -0.109. The van der Waals surface area contributed by atoms with Gasteiger partial charge in [-0.15, -0.1) is 0 Å². The van der Waals surface area contributed by atoms with E-state index in [1.807, 2.05) is 0 Å². The van der Waals surface area contributed by atoms with Gasteiger partial charge in [0.05, 0.1) is 11.9 Å². The maximum Gasteiger partial charge on any atom is 0.270 e. The van der Waals surface area contributed by atoms with E-state index in [2.05, 4.69) is 10.3 Å². The maximum absolute atomic E-state index is 11.4. The van der Waals surface area contributed by atoms with Crippen LogP contribution in [0.3, 0.4) is 0 Å². The first-order valence-electron chi connectivity index (χ1n) is 4.28. The Morgan fingerprint density at radius 3 is 2.85 bits per heavy atom. The minimum absolute atomic E-state index is 0.109. The van der Waals surface area contributed by atoms with Gasteiger partial charge in [0.1, 0.15) is 5.69 Å². The summed E-state index contributed by atoms with van der Waals surface area (Å²) in [5, 5.41) is 2.85. The first-order valence-corrected chi connectivity index (χ1v) is 4.28. The Morgan fingerprint density at radius 1 is 1.54 bits per heavy atom. The molecule has 68 valence electrons. The molecule has 1 aliphatic carbocycles. The number of aromatic nitrogens is 1. The van der Waals surface area contributed by atoms with Crippen molar-refractivity contribution in [1.82, 2.24) is 10.3 Å². The molecule has 0 unspecified atom stereocenters. The number of nitrogens with two attached hydrogens (primary N) is 1. The fraction of sp³-hybridized carbons (Fsp3) is 0.333. The van der Waals surface area contributed by atoms with Crippen molar-refractivity contribution in [3.63, 3.8) is 0 Å². The predicted octanol–water partition coefficient (Wildman–Crippen LogP) is 0.556. The molecule has 4 heteroatoms. The molecule has 1 heterocycles. The maximum atomic E-state index is 11.4. The number of nitrogen functional groups attached to an aromatic ring is 1. The number of amides is 1. The third-order valence-corrected chi connectivity index (χ3v) is 1.93. The normalized spacial score (nSPS) is 15.4. The number of anilines is 1. The highest BCUT2D eigenvalue weighted by Gasteiger charge is 2.23. The largest absolute Gasteiger partial charge is 0.397 e. The topological polar surface area (TPSA) is 68.0 Å². The van der Waals surface area contributed by atoms with Crippen LogP contribution < -0.4 is 11.1 Å². The van der Waals surface area contributed by atoms with E-state index in [0.29, 0.717) is 17.4 Å². The molecule has 1 aromatic rings. The number of hydrogen-bond donors (Lipinski definition) is 2. The van der Waals surface area contributed by atoms with Crippen LogP contribution in [0.4, 0.5) is 5.69 Å². The molecular formula is C9H11N3O. The quantitative estimate of drug-likeness (QED) is 0.693. The lowest BCUT2D eigenvalue weighted by molar-refractivity contribution is 0.0946. The zero-order chi connectivity index (χ0) is 9.26. The van der Waals surface area contributed by atoms with E-state index in [0.717, 1.165) is 12.8 Å². The minimum atomic E-state index is -0.109. The number of carbonyl (C=O) groups is 1. The van der Waals surface area contributed by atoms with Gasteiger partial charge in [0.15, 0.2) is 0 Å². The number of pyridine rings is 1. The van der Waals surface area contributed by atoms with Gasteiger partial charge in [0.25, 0.3) is 5.91 Å². The molecule has 0 radical (unpaired) electrons. The zero-order valence-corrected chi connectivity index (χ0v) is 7.16. The van der Waals surface area contributed by atoms with Crippen molar-refractivity contribution < 1.29 is 4.79 Å².